The Morgan fingerprint density at radius 1 is 0.980 bits per heavy atom. The van der Waals surface area contributed by atoms with Gasteiger partial charge in [0.1, 0.15) is 5.75 Å². The van der Waals surface area contributed by atoms with Gasteiger partial charge in [-0.2, -0.15) is 5.10 Å². The average Bonchev–Trinajstić information content (AvgIpc) is 3.40. The molecular weight excluding hydrogens is 636 g/mol. The van der Waals surface area contributed by atoms with Crippen molar-refractivity contribution in [3.8, 4) is 28.7 Å². The number of rotatable bonds is 6. The molecule has 1 N–H and O–H groups in total. The molecule has 7 rings (SSSR count). The van der Waals surface area contributed by atoms with Crippen molar-refractivity contribution in [1.82, 2.24) is 20.0 Å². The summed E-state index contributed by atoms with van der Waals surface area (Å²) in [5.74, 6) is 2.76. The van der Waals surface area contributed by atoms with E-state index in [2.05, 4.69) is 10.4 Å². The number of hydrogen-bond acceptors (Lipinski definition) is 8. The van der Waals surface area contributed by atoms with Gasteiger partial charge in [0.25, 0.3) is 0 Å². The quantitative estimate of drug-likeness (QED) is 0.250. The zero-order valence-electron chi connectivity index (χ0n) is 29.3. The largest absolute Gasteiger partial charge is 0.493 e. The molecule has 50 heavy (non-hydrogen) atoms. The van der Waals surface area contributed by atoms with Crippen LogP contribution in [0.1, 0.15) is 76.2 Å². The third-order valence-corrected chi connectivity index (χ3v) is 9.42. The summed E-state index contributed by atoms with van der Waals surface area (Å²) in [5.41, 5.74) is 5.84. The van der Waals surface area contributed by atoms with Gasteiger partial charge in [0.2, 0.25) is 11.8 Å². The molecule has 8 bridgehead atoms. The minimum Gasteiger partial charge on any atom is -0.493 e. The van der Waals surface area contributed by atoms with Crippen molar-refractivity contribution in [2.24, 2.45) is 0 Å². The molecule has 0 fully saturated rings. The van der Waals surface area contributed by atoms with E-state index in [4.69, 9.17) is 18.9 Å². The normalized spacial score (nSPS) is 16.1. The van der Waals surface area contributed by atoms with E-state index in [-0.39, 0.29) is 24.0 Å². The molecule has 1 atom stereocenters. The van der Waals surface area contributed by atoms with Crippen molar-refractivity contribution >= 4 is 17.6 Å². The number of methoxy groups -OCH3 is 2. The van der Waals surface area contributed by atoms with E-state index in [1.54, 1.807) is 18.9 Å². The average molecular weight is 681 g/mol. The Morgan fingerprint density at radius 3 is 2.56 bits per heavy atom. The van der Waals surface area contributed by atoms with Crippen LogP contribution in [0.3, 0.4) is 0 Å². The number of amides is 2. The summed E-state index contributed by atoms with van der Waals surface area (Å²) < 4.78 is 25.9. The fourth-order valence-electron chi connectivity index (χ4n) is 6.96. The number of carbonyl (C=O) groups is 3. The van der Waals surface area contributed by atoms with Gasteiger partial charge in [0.15, 0.2) is 28.8 Å². The Kier molecular flexibility index (Phi) is 10.4. The predicted molar refractivity (Wildman–Crippen MR) is 188 cm³/mol. The lowest BCUT2D eigenvalue weighted by Crippen LogP contribution is -2.41. The number of nitrogens with one attached hydrogen (secondary N) is 1. The molecule has 4 heterocycles. The number of fused-ring (bicyclic) bond motifs is 8. The highest BCUT2D eigenvalue weighted by atomic mass is 16.5. The lowest BCUT2D eigenvalue weighted by molar-refractivity contribution is -0.133. The summed E-state index contributed by atoms with van der Waals surface area (Å²) >= 11 is 0. The van der Waals surface area contributed by atoms with Gasteiger partial charge in [-0.1, -0.05) is 18.2 Å². The number of hydrogen-bond donors (Lipinski definition) is 1. The Hall–Kier alpha value is -5.32. The van der Waals surface area contributed by atoms with Crippen LogP contribution < -0.4 is 24.3 Å². The number of aryl methyl sites for hydroxylation is 3. The molecular formula is C39H44N4O7. The first-order valence-electron chi connectivity index (χ1n) is 17.1. The Bertz CT molecular complexity index is 1920. The van der Waals surface area contributed by atoms with Crippen molar-refractivity contribution in [2.45, 2.75) is 65.5 Å². The van der Waals surface area contributed by atoms with E-state index in [1.165, 1.54) is 6.92 Å². The first-order chi connectivity index (χ1) is 24.2. The molecule has 11 heteroatoms. The molecule has 0 saturated heterocycles. The van der Waals surface area contributed by atoms with Gasteiger partial charge >= 0.3 is 0 Å². The topological polar surface area (TPSA) is 121 Å². The molecule has 11 nitrogen and oxygen atoms in total. The summed E-state index contributed by atoms with van der Waals surface area (Å²) in [7, 11) is 3.20. The second-order valence-electron chi connectivity index (χ2n) is 12.7. The Morgan fingerprint density at radius 2 is 1.80 bits per heavy atom. The molecule has 0 aliphatic carbocycles. The van der Waals surface area contributed by atoms with Gasteiger partial charge in [-0.3, -0.25) is 19.1 Å². The van der Waals surface area contributed by atoms with Crippen molar-refractivity contribution in [3.63, 3.8) is 0 Å². The van der Waals surface area contributed by atoms with E-state index in [0.29, 0.717) is 91.9 Å². The maximum atomic E-state index is 14.2. The van der Waals surface area contributed by atoms with Crippen LogP contribution in [0.4, 0.5) is 0 Å². The van der Waals surface area contributed by atoms with Gasteiger partial charge in [0.05, 0.1) is 38.1 Å². The minimum absolute atomic E-state index is 0.0286. The molecule has 0 radical (unpaired) electrons. The number of carbonyl (C=O) groups excluding carboxylic acids is 3. The number of aromatic nitrogens is 2. The van der Waals surface area contributed by atoms with Gasteiger partial charge in [0, 0.05) is 38.2 Å². The van der Waals surface area contributed by atoms with Crippen molar-refractivity contribution < 1.29 is 33.3 Å². The van der Waals surface area contributed by atoms with E-state index in [0.717, 1.165) is 27.9 Å². The van der Waals surface area contributed by atoms with Gasteiger partial charge in [-0.25, -0.2) is 0 Å². The smallest absolute Gasteiger partial charge is 0.225 e. The fourth-order valence-corrected chi connectivity index (χ4v) is 6.96. The van der Waals surface area contributed by atoms with Crippen LogP contribution in [0.25, 0.3) is 0 Å². The molecule has 3 aliphatic heterocycles. The highest BCUT2D eigenvalue weighted by Crippen LogP contribution is 2.44. The summed E-state index contributed by atoms with van der Waals surface area (Å²) in [4.78, 5) is 40.9. The van der Waals surface area contributed by atoms with Crippen molar-refractivity contribution in [2.75, 3.05) is 33.9 Å². The summed E-state index contributed by atoms with van der Waals surface area (Å²) in [6.07, 6.45) is 2.36. The highest BCUT2D eigenvalue weighted by molar-refractivity contribution is 5.96. The Balaban J connectivity index is 1.40. The van der Waals surface area contributed by atoms with E-state index < -0.39 is 6.04 Å². The molecule has 3 aromatic carbocycles. The maximum Gasteiger partial charge on any atom is 0.225 e. The third kappa shape index (κ3) is 7.31. The first kappa shape index (κ1) is 34.5. The van der Waals surface area contributed by atoms with Gasteiger partial charge in [-0.15, -0.1) is 0 Å². The molecule has 4 aromatic rings. The second kappa shape index (κ2) is 15.1. The van der Waals surface area contributed by atoms with E-state index >= 15 is 0 Å². The van der Waals surface area contributed by atoms with Crippen LogP contribution in [-0.2, 0) is 29.0 Å². The fraction of sp³-hybridized carbons (Fsp3) is 0.385. The molecule has 1 unspecified atom stereocenters. The van der Waals surface area contributed by atoms with Gasteiger partial charge < -0.3 is 29.2 Å². The molecule has 1 aromatic heterocycles. The van der Waals surface area contributed by atoms with Crippen molar-refractivity contribution in [3.05, 3.63) is 93.8 Å². The van der Waals surface area contributed by atoms with E-state index in [9.17, 15) is 14.4 Å². The standard InChI is InChI=1S/C39H44N4O7/c1-24-38(26(3)44)25(2)43(41-24)18-15-37(46)42-17-14-28-21-35-33(48-5)23-31(28)39(42)29-11-12-32(47-4)34(22-29)49-19-7-16-40-36(45)13-10-27-8-6-9-30(20-27)50-35/h6,8-9,11-12,20-23,39H,7,10,13-19H2,1-5H3,(H,40,45). The lowest BCUT2D eigenvalue weighted by atomic mass is 9.87. The van der Waals surface area contributed by atoms with E-state index in [1.807, 2.05) is 73.3 Å². The van der Waals surface area contributed by atoms with Crippen LogP contribution in [0.5, 0.6) is 28.7 Å². The monoisotopic (exact) mass is 680 g/mol. The van der Waals surface area contributed by atoms with Crippen LogP contribution in [-0.4, -0.2) is 66.2 Å². The highest BCUT2D eigenvalue weighted by Gasteiger charge is 2.34. The first-order valence-corrected chi connectivity index (χ1v) is 17.1. The SMILES string of the molecule is COc1ccc2cc1OCCCNC(=O)CCc1cccc(c1)Oc1cc3c(cc1OC)C2N(C(=O)CCn1nc(C)c(C(C)=O)c1C)CC3. The zero-order chi connectivity index (χ0) is 35.4. The Labute approximate surface area is 292 Å². The van der Waals surface area contributed by atoms with Crippen LogP contribution in [0.15, 0.2) is 54.6 Å². The van der Waals surface area contributed by atoms with Crippen molar-refractivity contribution in [1.29, 1.82) is 0 Å². The summed E-state index contributed by atoms with van der Waals surface area (Å²) in [5, 5.41) is 7.54. The summed E-state index contributed by atoms with van der Waals surface area (Å²) in [6.45, 7) is 6.89. The predicted octanol–water partition coefficient (Wildman–Crippen LogP) is 5.91. The number of nitrogens with zero attached hydrogens (tertiary/aromatic N) is 3. The summed E-state index contributed by atoms with van der Waals surface area (Å²) in [6, 6.07) is 17.0. The maximum absolute atomic E-state index is 14.2. The molecule has 3 aliphatic rings. The number of ether oxygens (including phenoxy) is 4. The molecule has 0 saturated carbocycles. The number of Topliss-reactive ketones (excluding diaryl/α,β-unsaturated/α-hetero) is 1. The van der Waals surface area contributed by atoms with Crippen LogP contribution in [0, 0.1) is 13.8 Å². The molecule has 2 amide bonds. The third-order valence-electron chi connectivity index (χ3n) is 9.42. The molecule has 262 valence electrons. The number of ketones is 1. The van der Waals surface area contributed by atoms with Crippen LogP contribution >= 0.6 is 0 Å². The lowest BCUT2D eigenvalue weighted by Gasteiger charge is -2.38. The number of benzene rings is 3. The van der Waals surface area contributed by atoms with Gasteiger partial charge in [-0.05, 0) is 98.7 Å². The zero-order valence-corrected chi connectivity index (χ0v) is 29.3. The second-order valence-corrected chi connectivity index (χ2v) is 12.7. The van der Waals surface area contributed by atoms with Crippen LogP contribution in [0.2, 0.25) is 0 Å². The molecule has 0 spiro atoms. The minimum atomic E-state index is -0.455.